The van der Waals surface area contributed by atoms with Crippen molar-refractivity contribution in [2.75, 3.05) is 6.54 Å². The lowest BCUT2D eigenvalue weighted by Crippen LogP contribution is -2.36. The first-order valence-electron chi connectivity index (χ1n) is 6.89. The molecule has 1 fully saturated rings. The number of fused-ring (bicyclic) bond motifs is 2. The fourth-order valence-corrected chi connectivity index (χ4v) is 3.61. The molecule has 1 aromatic rings. The number of halogens is 1. The molecule has 3 rings (SSSR count). The van der Waals surface area contributed by atoms with E-state index in [0.717, 1.165) is 24.1 Å². The van der Waals surface area contributed by atoms with Crippen LogP contribution < -0.4 is 5.48 Å². The second kappa shape index (κ2) is 4.53. The van der Waals surface area contributed by atoms with Crippen molar-refractivity contribution in [2.45, 2.75) is 39.3 Å². The summed E-state index contributed by atoms with van der Waals surface area (Å²) in [5.74, 6) is -1.01. The van der Waals surface area contributed by atoms with E-state index in [0.29, 0.717) is 19.0 Å². The van der Waals surface area contributed by atoms with E-state index >= 15 is 0 Å². The highest BCUT2D eigenvalue weighted by molar-refractivity contribution is 5.93. The zero-order valence-electron chi connectivity index (χ0n) is 11.7. The fraction of sp³-hybridized carbons (Fsp3) is 0.533. The van der Waals surface area contributed by atoms with E-state index in [1.165, 1.54) is 6.07 Å². The molecule has 0 saturated carbocycles. The minimum absolute atomic E-state index is 0.167. The largest absolute Gasteiger partial charge is 0.295 e. The number of hydrogen-bond acceptors (Lipinski definition) is 3. The van der Waals surface area contributed by atoms with Crippen LogP contribution in [0.25, 0.3) is 0 Å². The second-order valence-electron chi connectivity index (χ2n) is 6.67. The van der Waals surface area contributed by atoms with Gasteiger partial charge in [-0.25, -0.2) is 9.87 Å². The fourth-order valence-electron chi connectivity index (χ4n) is 3.61. The summed E-state index contributed by atoms with van der Waals surface area (Å²) < 4.78 is 14.2. The molecule has 4 nitrogen and oxygen atoms in total. The van der Waals surface area contributed by atoms with Crippen LogP contribution in [-0.2, 0) is 13.0 Å². The summed E-state index contributed by atoms with van der Waals surface area (Å²) in [6.45, 7) is 6.13. The molecule has 2 N–H and O–H groups in total. The first-order valence-corrected chi connectivity index (χ1v) is 6.89. The van der Waals surface area contributed by atoms with E-state index in [-0.39, 0.29) is 16.8 Å². The third-order valence-corrected chi connectivity index (χ3v) is 4.40. The summed E-state index contributed by atoms with van der Waals surface area (Å²) >= 11 is 0. The van der Waals surface area contributed by atoms with Crippen LogP contribution >= 0.6 is 0 Å². The Bertz CT molecular complexity index is 571. The molecule has 1 aromatic carbocycles. The van der Waals surface area contributed by atoms with Gasteiger partial charge in [0.25, 0.3) is 5.91 Å². The van der Waals surface area contributed by atoms with Crippen molar-refractivity contribution in [2.24, 2.45) is 5.41 Å². The second-order valence-corrected chi connectivity index (χ2v) is 6.67. The van der Waals surface area contributed by atoms with Gasteiger partial charge in [-0.3, -0.25) is 14.9 Å². The SMILES string of the molecule is CC1(C)C[C@H]2Cc3c(F)cc(C(=O)NO)cc3CN2C1. The number of amides is 1. The Balaban J connectivity index is 1.95. The van der Waals surface area contributed by atoms with Gasteiger partial charge in [-0.1, -0.05) is 13.8 Å². The van der Waals surface area contributed by atoms with E-state index in [4.69, 9.17) is 5.21 Å². The van der Waals surface area contributed by atoms with Crippen molar-refractivity contribution >= 4 is 5.91 Å². The van der Waals surface area contributed by atoms with Gasteiger partial charge < -0.3 is 0 Å². The van der Waals surface area contributed by atoms with Gasteiger partial charge in [-0.15, -0.1) is 0 Å². The van der Waals surface area contributed by atoms with Crippen molar-refractivity contribution in [1.82, 2.24) is 10.4 Å². The van der Waals surface area contributed by atoms with Crippen LogP contribution in [0.3, 0.4) is 0 Å². The Morgan fingerprint density at radius 1 is 1.50 bits per heavy atom. The number of hydrogen-bond donors (Lipinski definition) is 2. The number of nitrogens with one attached hydrogen (secondary N) is 1. The van der Waals surface area contributed by atoms with Crippen LogP contribution in [0, 0.1) is 11.2 Å². The summed E-state index contributed by atoms with van der Waals surface area (Å²) in [7, 11) is 0. The van der Waals surface area contributed by atoms with Crippen molar-refractivity contribution in [1.29, 1.82) is 0 Å². The van der Waals surface area contributed by atoms with Crippen molar-refractivity contribution < 1.29 is 14.4 Å². The lowest BCUT2D eigenvalue weighted by atomic mass is 9.87. The normalized spacial score (nSPS) is 24.1. The average Bonchev–Trinajstić information content (AvgIpc) is 2.68. The van der Waals surface area contributed by atoms with Gasteiger partial charge in [-0.05, 0) is 41.5 Å². The van der Waals surface area contributed by atoms with E-state index in [1.807, 2.05) is 0 Å². The summed E-state index contributed by atoms with van der Waals surface area (Å²) in [5.41, 5.74) is 3.56. The van der Waals surface area contributed by atoms with Gasteiger partial charge >= 0.3 is 0 Å². The lowest BCUT2D eigenvalue weighted by molar-refractivity contribution is 0.0705. The quantitative estimate of drug-likeness (QED) is 0.611. The maximum atomic E-state index is 14.2. The summed E-state index contributed by atoms with van der Waals surface area (Å²) in [4.78, 5) is 13.8. The molecule has 1 amide bonds. The van der Waals surface area contributed by atoms with Gasteiger partial charge in [0.15, 0.2) is 0 Å². The van der Waals surface area contributed by atoms with E-state index < -0.39 is 5.91 Å². The number of carbonyl (C=O) groups excluding carboxylic acids is 1. The highest BCUT2D eigenvalue weighted by atomic mass is 19.1. The highest BCUT2D eigenvalue weighted by Gasteiger charge is 2.40. The molecule has 20 heavy (non-hydrogen) atoms. The average molecular weight is 278 g/mol. The number of rotatable bonds is 1. The van der Waals surface area contributed by atoms with Gasteiger partial charge in [0.1, 0.15) is 5.82 Å². The molecule has 2 heterocycles. The molecule has 0 radical (unpaired) electrons. The number of hydroxylamine groups is 1. The van der Waals surface area contributed by atoms with Gasteiger partial charge in [0.05, 0.1) is 0 Å². The monoisotopic (exact) mass is 278 g/mol. The van der Waals surface area contributed by atoms with Gasteiger partial charge in [0, 0.05) is 24.7 Å². The van der Waals surface area contributed by atoms with Crippen LogP contribution in [0.1, 0.15) is 41.8 Å². The van der Waals surface area contributed by atoms with Crippen LogP contribution in [0.2, 0.25) is 0 Å². The molecular formula is C15H19FN2O2. The molecule has 2 aliphatic rings. The zero-order chi connectivity index (χ0) is 14.5. The molecule has 0 unspecified atom stereocenters. The molecule has 0 bridgehead atoms. The number of benzene rings is 1. The molecule has 5 heteroatoms. The Labute approximate surface area is 117 Å². The van der Waals surface area contributed by atoms with E-state index in [2.05, 4.69) is 18.7 Å². The molecule has 1 saturated heterocycles. The van der Waals surface area contributed by atoms with Crippen molar-refractivity contribution in [3.8, 4) is 0 Å². The Morgan fingerprint density at radius 3 is 2.95 bits per heavy atom. The first kappa shape index (κ1) is 13.5. The van der Waals surface area contributed by atoms with Gasteiger partial charge in [-0.2, -0.15) is 0 Å². The minimum Gasteiger partial charge on any atom is -0.295 e. The minimum atomic E-state index is -0.671. The van der Waals surface area contributed by atoms with Gasteiger partial charge in [0.2, 0.25) is 0 Å². The molecule has 108 valence electrons. The van der Waals surface area contributed by atoms with E-state index in [1.54, 1.807) is 11.5 Å². The lowest BCUT2D eigenvalue weighted by Gasteiger charge is -2.31. The Morgan fingerprint density at radius 2 is 2.25 bits per heavy atom. The van der Waals surface area contributed by atoms with Crippen molar-refractivity contribution in [3.05, 3.63) is 34.6 Å². The molecule has 2 aliphatic heterocycles. The van der Waals surface area contributed by atoms with Crippen LogP contribution in [0.15, 0.2) is 12.1 Å². The predicted octanol–water partition coefficient (Wildman–Crippen LogP) is 2.10. The third-order valence-electron chi connectivity index (χ3n) is 4.40. The molecule has 0 aromatic heterocycles. The highest BCUT2D eigenvalue weighted by Crippen LogP contribution is 2.40. The summed E-state index contributed by atoms with van der Waals surface area (Å²) in [5, 5.41) is 8.67. The molecule has 1 atom stereocenters. The maximum Gasteiger partial charge on any atom is 0.274 e. The summed E-state index contributed by atoms with van der Waals surface area (Å²) in [6.07, 6.45) is 1.77. The summed E-state index contributed by atoms with van der Waals surface area (Å²) in [6, 6.07) is 3.29. The number of carbonyl (C=O) groups is 1. The predicted molar refractivity (Wildman–Crippen MR) is 72.0 cm³/mol. The van der Waals surface area contributed by atoms with Crippen LogP contribution in [-0.4, -0.2) is 28.6 Å². The Kier molecular flexibility index (Phi) is 3.06. The van der Waals surface area contributed by atoms with E-state index in [9.17, 15) is 9.18 Å². The zero-order valence-corrected chi connectivity index (χ0v) is 11.7. The maximum absolute atomic E-state index is 14.2. The molecular weight excluding hydrogens is 259 g/mol. The number of nitrogens with zero attached hydrogens (tertiary/aromatic N) is 1. The smallest absolute Gasteiger partial charge is 0.274 e. The van der Waals surface area contributed by atoms with Crippen LogP contribution in [0.4, 0.5) is 4.39 Å². The molecule has 0 spiro atoms. The first-order chi connectivity index (χ1) is 9.39. The third kappa shape index (κ3) is 2.21. The standard InChI is InChI=1S/C15H19FN2O2/c1-15(2)6-11-5-12-10(7-18(11)8-15)3-9(4-13(12)16)14(19)17-20/h3-4,11,20H,5-8H2,1-2H3,(H,17,19)/t11-/m1/s1. The topological polar surface area (TPSA) is 52.6 Å². The van der Waals surface area contributed by atoms with Crippen LogP contribution in [0.5, 0.6) is 0 Å². The molecule has 0 aliphatic carbocycles. The Hall–Kier alpha value is -1.46. The van der Waals surface area contributed by atoms with Crippen molar-refractivity contribution in [3.63, 3.8) is 0 Å².